The molecule has 3 amide bonds. The van der Waals surface area contributed by atoms with Crippen LogP contribution in [0.1, 0.15) is 19.4 Å². The van der Waals surface area contributed by atoms with Crippen LogP contribution in [-0.4, -0.2) is 23.8 Å². The number of anilines is 2. The van der Waals surface area contributed by atoms with E-state index in [1.165, 1.54) is 32.1 Å². The van der Waals surface area contributed by atoms with Gasteiger partial charge in [-0.05, 0) is 36.8 Å². The van der Waals surface area contributed by atoms with E-state index in [2.05, 4.69) is 16.0 Å². The lowest BCUT2D eigenvalue weighted by Crippen LogP contribution is -2.40. The van der Waals surface area contributed by atoms with Crippen molar-refractivity contribution in [1.29, 1.82) is 0 Å². The van der Waals surface area contributed by atoms with Crippen molar-refractivity contribution in [3.63, 3.8) is 0 Å². The maximum Gasteiger partial charge on any atom is 0.246 e. The Morgan fingerprint density at radius 1 is 1.04 bits per heavy atom. The van der Waals surface area contributed by atoms with Crippen molar-refractivity contribution in [2.75, 3.05) is 10.6 Å². The van der Waals surface area contributed by atoms with Crippen LogP contribution in [-0.2, 0) is 14.4 Å². The number of rotatable bonds is 6. The third-order valence-corrected chi connectivity index (χ3v) is 3.52. The quantitative estimate of drug-likeness (QED) is 0.684. The van der Waals surface area contributed by atoms with Crippen molar-refractivity contribution in [2.45, 2.75) is 19.9 Å². The molecule has 3 N–H and O–H groups in total. The number of nitrogens with one attached hydrogen (secondary N) is 3. The minimum absolute atomic E-state index is 0.0391. The van der Waals surface area contributed by atoms with Gasteiger partial charge >= 0.3 is 0 Å². The summed E-state index contributed by atoms with van der Waals surface area (Å²) < 4.78 is 13.6. The van der Waals surface area contributed by atoms with E-state index >= 15 is 0 Å². The molecule has 0 radical (unpaired) electrons. The molecule has 140 valence electrons. The fraction of sp³-hybridized carbons (Fsp3) is 0.150. The summed E-state index contributed by atoms with van der Waals surface area (Å²) in [6.45, 7) is 2.78. The van der Waals surface area contributed by atoms with Gasteiger partial charge in [-0.25, -0.2) is 4.39 Å². The lowest BCUT2D eigenvalue weighted by Gasteiger charge is -2.14. The summed E-state index contributed by atoms with van der Waals surface area (Å²) in [5.74, 6) is -1.94. The van der Waals surface area contributed by atoms with E-state index in [0.29, 0.717) is 5.69 Å². The van der Waals surface area contributed by atoms with Crippen molar-refractivity contribution >= 4 is 35.2 Å². The molecule has 0 saturated heterocycles. The first kappa shape index (κ1) is 19.8. The molecule has 27 heavy (non-hydrogen) atoms. The van der Waals surface area contributed by atoms with Gasteiger partial charge in [-0.1, -0.05) is 30.3 Å². The van der Waals surface area contributed by atoms with Crippen LogP contribution in [0.15, 0.2) is 54.6 Å². The van der Waals surface area contributed by atoms with Crippen LogP contribution in [0.2, 0.25) is 0 Å². The average Bonchev–Trinajstić information content (AvgIpc) is 2.63. The van der Waals surface area contributed by atoms with Gasteiger partial charge in [-0.3, -0.25) is 14.4 Å². The van der Waals surface area contributed by atoms with E-state index in [1.807, 2.05) is 30.3 Å². The summed E-state index contributed by atoms with van der Waals surface area (Å²) in [5, 5.41) is 7.45. The normalized spacial score (nSPS) is 11.7. The van der Waals surface area contributed by atoms with Crippen LogP contribution in [0.5, 0.6) is 0 Å². The molecular formula is C20H20FN3O3. The predicted octanol–water partition coefficient (Wildman–Crippen LogP) is 2.94. The van der Waals surface area contributed by atoms with E-state index in [4.69, 9.17) is 0 Å². The fourth-order valence-electron chi connectivity index (χ4n) is 2.20. The van der Waals surface area contributed by atoms with Crippen molar-refractivity contribution in [3.8, 4) is 0 Å². The Morgan fingerprint density at radius 2 is 1.74 bits per heavy atom. The maximum atomic E-state index is 13.6. The Hall–Kier alpha value is -3.48. The third kappa shape index (κ3) is 6.39. The first-order valence-electron chi connectivity index (χ1n) is 8.27. The molecule has 0 fully saturated rings. The fourth-order valence-corrected chi connectivity index (χ4v) is 2.20. The molecule has 7 heteroatoms. The molecule has 2 aromatic rings. The first-order chi connectivity index (χ1) is 12.8. The summed E-state index contributed by atoms with van der Waals surface area (Å²) in [7, 11) is 0. The van der Waals surface area contributed by atoms with Gasteiger partial charge in [0.25, 0.3) is 0 Å². The number of halogens is 1. The number of carbonyl (C=O) groups is 3. The molecule has 2 aromatic carbocycles. The van der Waals surface area contributed by atoms with E-state index in [9.17, 15) is 18.8 Å². The SMILES string of the molecule is CC(=O)Nc1cc(NC(=O)C(C)NC(=O)/C=C/c2ccccc2)ccc1F. The van der Waals surface area contributed by atoms with E-state index in [-0.39, 0.29) is 5.69 Å². The molecule has 0 aliphatic carbocycles. The van der Waals surface area contributed by atoms with Gasteiger partial charge in [-0.15, -0.1) is 0 Å². The van der Waals surface area contributed by atoms with Gasteiger partial charge in [0.2, 0.25) is 17.7 Å². The Kier molecular flexibility index (Phi) is 6.82. The van der Waals surface area contributed by atoms with Crippen LogP contribution in [0.25, 0.3) is 6.08 Å². The molecule has 0 aliphatic heterocycles. The largest absolute Gasteiger partial charge is 0.341 e. The van der Waals surface area contributed by atoms with Crippen molar-refractivity contribution < 1.29 is 18.8 Å². The molecule has 0 saturated carbocycles. The third-order valence-electron chi connectivity index (χ3n) is 3.52. The van der Waals surface area contributed by atoms with Crippen LogP contribution in [0.3, 0.4) is 0 Å². The first-order valence-corrected chi connectivity index (χ1v) is 8.27. The average molecular weight is 369 g/mol. The molecule has 0 heterocycles. The Bertz CT molecular complexity index is 866. The minimum atomic E-state index is -0.813. The topological polar surface area (TPSA) is 87.3 Å². The molecule has 0 spiro atoms. The summed E-state index contributed by atoms with van der Waals surface area (Å²) in [4.78, 5) is 35.2. The number of carbonyl (C=O) groups excluding carboxylic acids is 3. The predicted molar refractivity (Wildman–Crippen MR) is 102 cm³/mol. The summed E-state index contributed by atoms with van der Waals surface area (Å²) in [6, 6.07) is 12.3. The van der Waals surface area contributed by atoms with Crippen molar-refractivity contribution in [2.24, 2.45) is 0 Å². The second-order valence-electron chi connectivity index (χ2n) is 5.84. The molecule has 1 unspecified atom stereocenters. The lowest BCUT2D eigenvalue weighted by atomic mass is 10.2. The monoisotopic (exact) mass is 369 g/mol. The molecule has 1 atom stereocenters. The molecule has 0 aromatic heterocycles. The zero-order chi connectivity index (χ0) is 19.8. The van der Waals surface area contributed by atoms with Gasteiger partial charge in [0.05, 0.1) is 5.69 Å². The van der Waals surface area contributed by atoms with Crippen LogP contribution in [0, 0.1) is 5.82 Å². The zero-order valence-electron chi connectivity index (χ0n) is 15.0. The number of hydrogen-bond acceptors (Lipinski definition) is 3. The molecule has 6 nitrogen and oxygen atoms in total. The molecule has 0 aliphatic rings. The van der Waals surface area contributed by atoms with Gasteiger partial charge in [0, 0.05) is 18.7 Å². The number of amides is 3. The van der Waals surface area contributed by atoms with Crippen LogP contribution < -0.4 is 16.0 Å². The standard InChI is InChI=1S/C20H20FN3O3/c1-13(22-19(26)11-8-15-6-4-3-5-7-15)20(27)24-16-9-10-17(21)18(12-16)23-14(2)25/h3-13H,1-2H3,(H,22,26)(H,23,25)(H,24,27)/b11-8+. The van der Waals surface area contributed by atoms with Crippen LogP contribution in [0.4, 0.5) is 15.8 Å². The summed E-state index contributed by atoms with van der Waals surface area (Å²) in [6.07, 6.45) is 2.98. The molecule has 0 bridgehead atoms. The van der Waals surface area contributed by atoms with E-state index in [0.717, 1.165) is 11.6 Å². The highest BCUT2D eigenvalue weighted by atomic mass is 19.1. The highest BCUT2D eigenvalue weighted by Gasteiger charge is 2.15. The Labute approximate surface area is 156 Å². The Balaban J connectivity index is 1.94. The summed E-state index contributed by atoms with van der Waals surface area (Å²) in [5.41, 5.74) is 1.12. The van der Waals surface area contributed by atoms with Gasteiger partial charge in [0.15, 0.2) is 0 Å². The highest BCUT2D eigenvalue weighted by molar-refractivity contribution is 6.00. The number of hydrogen-bond donors (Lipinski definition) is 3. The maximum absolute atomic E-state index is 13.6. The lowest BCUT2D eigenvalue weighted by molar-refractivity contribution is -0.123. The van der Waals surface area contributed by atoms with Crippen molar-refractivity contribution in [1.82, 2.24) is 5.32 Å². The molecular weight excluding hydrogens is 349 g/mol. The molecule has 2 rings (SSSR count). The van der Waals surface area contributed by atoms with Gasteiger partial charge in [0.1, 0.15) is 11.9 Å². The summed E-state index contributed by atoms with van der Waals surface area (Å²) >= 11 is 0. The van der Waals surface area contributed by atoms with Crippen molar-refractivity contribution in [3.05, 3.63) is 66.0 Å². The van der Waals surface area contributed by atoms with Crippen LogP contribution >= 0.6 is 0 Å². The smallest absolute Gasteiger partial charge is 0.246 e. The van der Waals surface area contributed by atoms with Gasteiger partial charge in [-0.2, -0.15) is 0 Å². The number of benzene rings is 2. The second kappa shape index (κ2) is 9.28. The Morgan fingerprint density at radius 3 is 2.41 bits per heavy atom. The minimum Gasteiger partial charge on any atom is -0.341 e. The van der Waals surface area contributed by atoms with Gasteiger partial charge < -0.3 is 16.0 Å². The van der Waals surface area contributed by atoms with E-state index < -0.39 is 29.6 Å². The zero-order valence-corrected chi connectivity index (χ0v) is 15.0. The second-order valence-corrected chi connectivity index (χ2v) is 5.84. The van der Waals surface area contributed by atoms with E-state index in [1.54, 1.807) is 6.08 Å². The highest BCUT2D eigenvalue weighted by Crippen LogP contribution is 2.19.